The average Bonchev–Trinajstić information content (AvgIpc) is 4.07. The van der Waals surface area contributed by atoms with E-state index >= 15 is 0 Å². The number of fused-ring (bicyclic) bond motifs is 2. The van der Waals surface area contributed by atoms with Crippen LogP contribution < -0.4 is 52.0 Å². The highest BCUT2D eigenvalue weighted by Crippen LogP contribution is 2.13. The first-order chi connectivity index (χ1) is 27.5. The molecule has 2 aliphatic rings. The number of unbranched alkanes of at least 4 members (excludes halogenated alkanes) is 8. The summed E-state index contributed by atoms with van der Waals surface area (Å²) in [5, 5.41) is 8.10. The van der Waals surface area contributed by atoms with E-state index in [1.54, 1.807) is 14.2 Å². The number of rotatable bonds is 14. The molecule has 4 N–H and O–H groups in total. The fraction of sp³-hybridized carbons (Fsp3) is 0.292. The Hall–Kier alpha value is -6.02. The molecule has 0 saturated heterocycles. The second-order valence-electron chi connectivity index (χ2n) is 14.6. The third-order valence-corrected chi connectivity index (χ3v) is 10.3. The fourth-order valence-electron chi connectivity index (χ4n) is 7.29. The number of aryl methyl sites for hydroxylation is 2. The zero-order chi connectivity index (χ0) is 38.7. The Bertz CT molecular complexity index is 2700. The van der Waals surface area contributed by atoms with Crippen molar-refractivity contribution in [3.05, 3.63) is 150 Å². The highest BCUT2D eigenvalue weighted by atomic mass is 16.5. The second-order valence-corrected chi connectivity index (χ2v) is 14.6. The van der Waals surface area contributed by atoms with Crippen molar-refractivity contribution < 1.29 is 9.47 Å². The third-order valence-electron chi connectivity index (χ3n) is 10.3. The van der Waals surface area contributed by atoms with Crippen molar-refractivity contribution in [2.24, 2.45) is 9.98 Å². The number of ether oxygens (including phenoxy) is 2. The first-order valence-electron chi connectivity index (χ1n) is 20.1. The molecule has 6 heterocycles. The van der Waals surface area contributed by atoms with E-state index in [0.717, 1.165) is 88.9 Å². The maximum absolute atomic E-state index is 5.63. The van der Waals surface area contributed by atoms with Gasteiger partial charge in [-0.05, 0) is 80.5 Å². The van der Waals surface area contributed by atoms with Crippen molar-refractivity contribution in [2.45, 2.75) is 78.1 Å². The van der Waals surface area contributed by atoms with Crippen LogP contribution in [-0.2, 0) is 6.42 Å². The lowest BCUT2D eigenvalue weighted by Crippen LogP contribution is -2.19. The van der Waals surface area contributed by atoms with E-state index in [1.807, 2.05) is 73.7 Å². The molecule has 288 valence electrons. The molecule has 2 aliphatic heterocycles. The summed E-state index contributed by atoms with van der Waals surface area (Å²) >= 11 is 0. The number of nitrogens with zero attached hydrogens (tertiary/aromatic N) is 2. The Labute approximate surface area is 328 Å². The number of benzene rings is 2. The molecule has 0 saturated carbocycles. The Morgan fingerprint density at radius 1 is 0.554 bits per heavy atom. The van der Waals surface area contributed by atoms with E-state index in [-0.39, 0.29) is 0 Å². The van der Waals surface area contributed by atoms with Crippen LogP contribution in [0.2, 0.25) is 0 Å². The molecule has 4 aromatic heterocycles. The second kappa shape index (κ2) is 18.5. The molecule has 56 heavy (non-hydrogen) atoms. The average molecular weight is 747 g/mol. The van der Waals surface area contributed by atoms with Gasteiger partial charge in [0.15, 0.2) is 0 Å². The Balaban J connectivity index is 0.000000182. The van der Waals surface area contributed by atoms with Crippen LogP contribution in [-0.4, -0.2) is 34.2 Å². The summed E-state index contributed by atoms with van der Waals surface area (Å²) in [7, 11) is 3.39. The summed E-state index contributed by atoms with van der Waals surface area (Å²) in [6, 6.07) is 28.8. The molecule has 0 fully saturated rings. The van der Waals surface area contributed by atoms with Gasteiger partial charge in [-0.1, -0.05) is 94.7 Å². The molecule has 8 heteroatoms. The molecule has 0 bridgehead atoms. The molecule has 8 nitrogen and oxygen atoms in total. The van der Waals surface area contributed by atoms with E-state index in [1.165, 1.54) is 63.5 Å². The van der Waals surface area contributed by atoms with Crippen LogP contribution in [0.25, 0.3) is 35.7 Å². The Morgan fingerprint density at radius 2 is 1.05 bits per heavy atom. The lowest BCUT2D eigenvalue weighted by Gasteiger charge is -2.01. The highest BCUT2D eigenvalue weighted by molar-refractivity contribution is 5.77. The van der Waals surface area contributed by atoms with Gasteiger partial charge in [-0.2, -0.15) is 0 Å². The van der Waals surface area contributed by atoms with Crippen LogP contribution >= 0.6 is 0 Å². The summed E-state index contributed by atoms with van der Waals surface area (Å²) in [4.78, 5) is 23.2. The fourth-order valence-corrected chi connectivity index (χ4v) is 7.29. The minimum Gasteiger partial charge on any atom is -0.494 e. The van der Waals surface area contributed by atoms with Gasteiger partial charge in [0.1, 0.15) is 11.5 Å². The largest absolute Gasteiger partial charge is 0.494 e. The van der Waals surface area contributed by atoms with Crippen molar-refractivity contribution in [3.63, 3.8) is 0 Å². The normalized spacial score (nSPS) is 15.3. The minimum absolute atomic E-state index is 0.805. The molecule has 0 amide bonds. The number of aromatic nitrogens is 4. The molecular weight excluding hydrogens is 693 g/mol. The van der Waals surface area contributed by atoms with Crippen LogP contribution in [0.1, 0.15) is 87.5 Å². The zero-order valence-electron chi connectivity index (χ0n) is 33.2. The first kappa shape index (κ1) is 38.3. The monoisotopic (exact) mass is 746 g/mol. The SMILES string of the molecule is CCCCCCCCCCCc1ccc(C=c2[nH]c(=C3C=c4ccccc4=N3)cc2OC)[nH]1.COc1cc(=C2C=c3ccccc3=N2)[nH]c1=Cc1ccc(C)[nH]1. The quantitative estimate of drug-likeness (QED) is 0.115. The van der Waals surface area contributed by atoms with Crippen LogP contribution in [0.15, 0.2) is 94.9 Å². The van der Waals surface area contributed by atoms with E-state index < -0.39 is 0 Å². The highest BCUT2D eigenvalue weighted by Gasteiger charge is 2.08. The van der Waals surface area contributed by atoms with Gasteiger partial charge in [0.25, 0.3) is 0 Å². The molecule has 0 unspecified atom stereocenters. The lowest BCUT2D eigenvalue weighted by molar-refractivity contribution is 0.411. The number of hydrogen-bond acceptors (Lipinski definition) is 4. The van der Waals surface area contributed by atoms with Gasteiger partial charge in [-0.25, -0.2) is 9.98 Å². The van der Waals surface area contributed by atoms with E-state index in [0.29, 0.717) is 0 Å². The summed E-state index contributed by atoms with van der Waals surface area (Å²) < 4.78 is 11.1. The summed E-state index contributed by atoms with van der Waals surface area (Å²) in [6.07, 6.45) is 21.7. The smallest absolute Gasteiger partial charge is 0.144 e. The van der Waals surface area contributed by atoms with Crippen LogP contribution in [0, 0.1) is 6.92 Å². The van der Waals surface area contributed by atoms with Crippen molar-refractivity contribution >= 4 is 35.7 Å². The molecule has 8 rings (SSSR count). The van der Waals surface area contributed by atoms with Crippen LogP contribution in [0.4, 0.5) is 0 Å². The Kier molecular flexibility index (Phi) is 12.7. The topological polar surface area (TPSA) is 106 Å². The number of nitrogens with one attached hydrogen (secondary N) is 4. The van der Waals surface area contributed by atoms with Gasteiger partial charge in [0.2, 0.25) is 0 Å². The third kappa shape index (κ3) is 9.61. The Morgan fingerprint density at radius 3 is 1.55 bits per heavy atom. The van der Waals surface area contributed by atoms with Crippen molar-refractivity contribution in [1.82, 2.24) is 19.9 Å². The number of hydrogen-bond donors (Lipinski definition) is 4. The number of methoxy groups -OCH3 is 2. The van der Waals surface area contributed by atoms with Gasteiger partial charge in [-0.3, -0.25) is 0 Å². The van der Waals surface area contributed by atoms with Gasteiger partial charge < -0.3 is 29.4 Å². The van der Waals surface area contributed by atoms with E-state index in [4.69, 9.17) is 14.5 Å². The molecule has 0 spiro atoms. The number of H-pyrrole nitrogens is 4. The lowest BCUT2D eigenvalue weighted by atomic mass is 10.1. The van der Waals surface area contributed by atoms with Crippen molar-refractivity contribution in [3.8, 4) is 11.5 Å². The summed E-state index contributed by atoms with van der Waals surface area (Å²) in [6.45, 7) is 4.31. The number of aromatic amines is 4. The van der Waals surface area contributed by atoms with Gasteiger partial charge >= 0.3 is 0 Å². The first-order valence-corrected chi connectivity index (χ1v) is 20.1. The maximum Gasteiger partial charge on any atom is 0.144 e. The predicted molar refractivity (Wildman–Crippen MR) is 228 cm³/mol. The van der Waals surface area contributed by atoms with Crippen LogP contribution in [0.3, 0.4) is 0 Å². The van der Waals surface area contributed by atoms with E-state index in [2.05, 4.69) is 74.3 Å². The molecule has 0 aliphatic carbocycles. The van der Waals surface area contributed by atoms with Gasteiger partial charge in [0.05, 0.1) is 57.7 Å². The molecule has 6 aromatic rings. The predicted octanol–water partition coefficient (Wildman–Crippen LogP) is 5.19. The number of para-hydroxylation sites is 2. The summed E-state index contributed by atoms with van der Waals surface area (Å²) in [5.41, 5.74) is 6.42. The molecule has 0 radical (unpaired) electrons. The van der Waals surface area contributed by atoms with Gasteiger partial charge in [-0.15, -0.1) is 0 Å². The van der Waals surface area contributed by atoms with Crippen molar-refractivity contribution in [2.75, 3.05) is 14.2 Å². The maximum atomic E-state index is 5.63. The minimum atomic E-state index is 0.805. The molecule has 2 aromatic carbocycles. The van der Waals surface area contributed by atoms with Crippen molar-refractivity contribution in [1.29, 1.82) is 0 Å². The van der Waals surface area contributed by atoms with Gasteiger partial charge in [0, 0.05) is 45.3 Å². The zero-order valence-corrected chi connectivity index (χ0v) is 33.2. The molecular formula is C48H54N6O2. The van der Waals surface area contributed by atoms with E-state index in [9.17, 15) is 0 Å². The van der Waals surface area contributed by atoms with Crippen LogP contribution in [0.5, 0.6) is 11.5 Å². The molecule has 0 atom stereocenters. The standard InChI is InChI=1S/C29H37N3O.C19H17N3O/c1-3-4-5-6-7-8-9-10-11-15-23-17-18-24(30-23)20-28-29(33-2)21-27(32-28)26-19-22-14-12-13-16-25(22)31-26;1-12-7-8-14(20-12)10-18-19(23-2)11-17(22-18)16-9-13-5-3-4-6-15(13)21-16/h12-14,16-21,30,32H,3-11,15H2,1-2H3;3-11,20,22H,1-2H3. The summed E-state index contributed by atoms with van der Waals surface area (Å²) in [5.74, 6) is 1.63.